The smallest absolute Gasteiger partial charge is 0.124 e. The molecule has 36 heavy (non-hydrogen) atoms. The fourth-order valence-corrected chi connectivity index (χ4v) is 8.28. The van der Waals surface area contributed by atoms with Crippen molar-refractivity contribution in [3.8, 4) is 11.5 Å². The van der Waals surface area contributed by atoms with E-state index >= 15 is 0 Å². The Bertz CT molecular complexity index is 1220. The van der Waals surface area contributed by atoms with Crippen molar-refractivity contribution in [1.29, 1.82) is 0 Å². The first-order valence-electron chi connectivity index (χ1n) is 12.4. The van der Waals surface area contributed by atoms with E-state index in [4.69, 9.17) is 9.47 Å². The van der Waals surface area contributed by atoms with Gasteiger partial charge in [0.25, 0.3) is 0 Å². The molecule has 0 unspecified atom stereocenters. The standard InChI is InChI=1S/C32H37NO2P/c1-21-17-26(18-22(2)31(21)34-7)36(27-19-23(3)32(35-8)24(4)20-27)29-16-12-15-28(29)30(33(5)6)25-13-10-9-11-14-25/h9-13,16-20,30H,14H2,1-8H3/t30-/m0/s1. The summed E-state index contributed by atoms with van der Waals surface area (Å²) < 4.78 is 11.4. The van der Waals surface area contributed by atoms with Crippen LogP contribution in [-0.2, 0) is 0 Å². The van der Waals surface area contributed by atoms with E-state index in [-0.39, 0.29) is 6.04 Å². The maximum Gasteiger partial charge on any atom is 0.124 e. The van der Waals surface area contributed by atoms with Crippen LogP contribution in [0.3, 0.4) is 0 Å². The molecule has 0 saturated heterocycles. The Kier molecular flexibility index (Phi) is 8.06. The molecule has 2 aromatic carbocycles. The summed E-state index contributed by atoms with van der Waals surface area (Å²) in [5, 5.41) is 4.01. The Morgan fingerprint density at radius 3 is 1.78 bits per heavy atom. The average Bonchev–Trinajstić information content (AvgIpc) is 3.28. The van der Waals surface area contributed by atoms with Crippen molar-refractivity contribution in [3.05, 3.63) is 106 Å². The summed E-state index contributed by atoms with van der Waals surface area (Å²) in [5.41, 5.74) is 11.0. The highest BCUT2D eigenvalue weighted by atomic mass is 31.1. The average molecular weight is 499 g/mol. The van der Waals surface area contributed by atoms with Gasteiger partial charge in [0.1, 0.15) is 11.5 Å². The van der Waals surface area contributed by atoms with Crippen molar-refractivity contribution in [2.45, 2.75) is 40.2 Å². The van der Waals surface area contributed by atoms with Crippen LogP contribution in [0.1, 0.15) is 28.7 Å². The molecule has 0 fully saturated rings. The van der Waals surface area contributed by atoms with Crippen LogP contribution < -0.4 is 20.1 Å². The van der Waals surface area contributed by atoms with Gasteiger partial charge in [0.05, 0.1) is 20.3 Å². The molecular weight excluding hydrogens is 461 g/mol. The second-order valence-electron chi connectivity index (χ2n) is 9.77. The molecule has 1 radical (unpaired) electrons. The van der Waals surface area contributed by atoms with Crippen LogP contribution in [0, 0.1) is 34.1 Å². The molecule has 0 amide bonds. The molecule has 187 valence electrons. The van der Waals surface area contributed by atoms with E-state index in [1.165, 1.54) is 27.1 Å². The number of rotatable bonds is 8. The molecule has 4 heteroatoms. The topological polar surface area (TPSA) is 21.7 Å². The van der Waals surface area contributed by atoms with Crippen LogP contribution in [0.5, 0.6) is 11.5 Å². The SMILES string of the molecule is COc1c(C)cc(P(C2=CC=C=C2[C@H](C2=C[CH]C=CC2)N(C)C)c2cc(C)c(OC)c(C)c2)cc1C. The highest BCUT2D eigenvalue weighted by molar-refractivity contribution is 7.77. The normalized spacial score (nSPS) is 15.8. The zero-order valence-electron chi connectivity index (χ0n) is 22.8. The lowest BCUT2D eigenvalue weighted by Crippen LogP contribution is -2.33. The van der Waals surface area contributed by atoms with E-state index in [1.807, 2.05) is 0 Å². The van der Waals surface area contributed by atoms with Crippen molar-refractivity contribution in [1.82, 2.24) is 4.90 Å². The molecule has 2 aliphatic rings. The van der Waals surface area contributed by atoms with Crippen molar-refractivity contribution in [2.75, 3.05) is 28.3 Å². The summed E-state index contributed by atoms with van der Waals surface area (Å²) in [6.07, 6.45) is 14.1. The van der Waals surface area contributed by atoms with Gasteiger partial charge in [-0.2, -0.15) is 0 Å². The molecule has 0 aromatic heterocycles. The summed E-state index contributed by atoms with van der Waals surface area (Å²) in [7, 11) is 7.01. The van der Waals surface area contributed by atoms with Crippen molar-refractivity contribution < 1.29 is 9.47 Å². The quantitative estimate of drug-likeness (QED) is 0.312. The Morgan fingerprint density at radius 2 is 1.36 bits per heavy atom. The number of allylic oxidation sites excluding steroid dienone is 4. The highest BCUT2D eigenvalue weighted by Crippen LogP contribution is 2.51. The van der Waals surface area contributed by atoms with Crippen LogP contribution in [-0.4, -0.2) is 39.3 Å². The summed E-state index contributed by atoms with van der Waals surface area (Å²) >= 11 is 0. The summed E-state index contributed by atoms with van der Waals surface area (Å²) in [4.78, 5) is 2.32. The lowest BCUT2D eigenvalue weighted by atomic mass is 9.92. The Hall–Kier alpha value is -2.83. The minimum absolute atomic E-state index is 0.169. The molecular formula is C32H37NO2P. The summed E-state index contributed by atoms with van der Waals surface area (Å²) in [6, 6.07) is 9.41. The predicted octanol–water partition coefficient (Wildman–Crippen LogP) is 6.37. The van der Waals surface area contributed by atoms with Crippen molar-refractivity contribution >= 4 is 18.5 Å². The van der Waals surface area contributed by atoms with Gasteiger partial charge in [-0.25, -0.2) is 0 Å². The van der Waals surface area contributed by atoms with Gasteiger partial charge in [0, 0.05) is 12.0 Å². The van der Waals surface area contributed by atoms with Gasteiger partial charge in [0.2, 0.25) is 0 Å². The van der Waals surface area contributed by atoms with Gasteiger partial charge in [-0.3, -0.25) is 4.90 Å². The molecule has 0 spiro atoms. The molecule has 0 heterocycles. The number of ether oxygens (including phenoxy) is 2. The fraction of sp³-hybridized carbons (Fsp3) is 0.312. The fourth-order valence-electron chi connectivity index (χ4n) is 5.48. The lowest BCUT2D eigenvalue weighted by Gasteiger charge is -2.33. The molecule has 0 bridgehead atoms. The van der Waals surface area contributed by atoms with Crippen molar-refractivity contribution in [3.63, 3.8) is 0 Å². The number of aryl methyl sites for hydroxylation is 4. The minimum Gasteiger partial charge on any atom is -0.496 e. The van der Waals surface area contributed by atoms with Gasteiger partial charge in [-0.05, 0) is 136 Å². The van der Waals surface area contributed by atoms with Gasteiger partial charge < -0.3 is 9.47 Å². The van der Waals surface area contributed by atoms with Crippen LogP contribution in [0.4, 0.5) is 0 Å². The Labute approximate surface area is 218 Å². The first kappa shape index (κ1) is 26.2. The molecule has 0 saturated carbocycles. The first-order valence-corrected chi connectivity index (χ1v) is 13.7. The van der Waals surface area contributed by atoms with Crippen LogP contribution >= 0.6 is 7.92 Å². The van der Waals surface area contributed by atoms with Gasteiger partial charge >= 0.3 is 0 Å². The number of likely N-dealkylation sites (N-methyl/N-ethyl adjacent to an activating group) is 1. The lowest BCUT2D eigenvalue weighted by molar-refractivity contribution is 0.366. The third-order valence-electron chi connectivity index (χ3n) is 6.86. The van der Waals surface area contributed by atoms with Crippen molar-refractivity contribution in [2.24, 2.45) is 0 Å². The number of nitrogens with zero attached hydrogens (tertiary/aromatic N) is 1. The molecule has 3 nitrogen and oxygen atoms in total. The molecule has 0 N–H and O–H groups in total. The first-order chi connectivity index (χ1) is 17.3. The van der Waals surface area contributed by atoms with Crippen LogP contribution in [0.15, 0.2) is 76.8 Å². The summed E-state index contributed by atoms with van der Waals surface area (Å²) in [6.45, 7) is 8.57. The third-order valence-corrected chi connectivity index (χ3v) is 9.28. The second-order valence-corrected chi connectivity index (χ2v) is 12.0. The van der Waals surface area contributed by atoms with Gasteiger partial charge in [-0.15, -0.1) is 5.73 Å². The second kappa shape index (κ2) is 11.1. The highest BCUT2D eigenvalue weighted by Gasteiger charge is 2.32. The van der Waals surface area contributed by atoms with Crippen LogP contribution in [0.2, 0.25) is 0 Å². The number of hydrogen-bond donors (Lipinski definition) is 0. The predicted molar refractivity (Wildman–Crippen MR) is 154 cm³/mol. The number of hydrogen-bond acceptors (Lipinski definition) is 3. The van der Waals surface area contributed by atoms with Crippen LogP contribution in [0.25, 0.3) is 0 Å². The largest absolute Gasteiger partial charge is 0.496 e. The van der Waals surface area contributed by atoms with Gasteiger partial charge in [-0.1, -0.05) is 18.2 Å². The zero-order chi connectivity index (χ0) is 26.0. The molecule has 2 aromatic rings. The monoisotopic (exact) mass is 498 g/mol. The number of benzene rings is 2. The van der Waals surface area contributed by atoms with E-state index in [0.29, 0.717) is 0 Å². The molecule has 0 aliphatic heterocycles. The summed E-state index contributed by atoms with van der Waals surface area (Å²) in [5.74, 6) is 1.93. The van der Waals surface area contributed by atoms with E-state index in [2.05, 4.69) is 113 Å². The molecule has 4 rings (SSSR count). The van der Waals surface area contributed by atoms with Gasteiger partial charge in [0.15, 0.2) is 0 Å². The maximum atomic E-state index is 5.71. The Balaban J connectivity index is 1.90. The minimum atomic E-state index is -0.832. The zero-order valence-corrected chi connectivity index (χ0v) is 23.7. The number of methoxy groups -OCH3 is 2. The Morgan fingerprint density at radius 1 is 0.833 bits per heavy atom. The maximum absolute atomic E-state index is 5.71. The van der Waals surface area contributed by atoms with E-state index in [9.17, 15) is 0 Å². The van der Waals surface area contributed by atoms with E-state index in [1.54, 1.807) is 14.2 Å². The van der Waals surface area contributed by atoms with E-state index in [0.717, 1.165) is 40.2 Å². The molecule has 1 atom stereocenters. The van der Waals surface area contributed by atoms with E-state index < -0.39 is 7.92 Å². The molecule has 2 aliphatic carbocycles. The third kappa shape index (κ3) is 5.02.